The lowest BCUT2D eigenvalue weighted by atomic mass is 9.93. The molecule has 2 aromatic rings. The number of anilines is 1. The Morgan fingerprint density at radius 3 is 2.85 bits per heavy atom. The second-order valence-electron chi connectivity index (χ2n) is 4.83. The van der Waals surface area contributed by atoms with E-state index in [1.165, 1.54) is 6.42 Å². The topological polar surface area (TPSA) is 55.6 Å². The molecule has 0 aliphatic heterocycles. The van der Waals surface area contributed by atoms with Crippen LogP contribution in [0.3, 0.4) is 0 Å². The highest BCUT2D eigenvalue weighted by Crippen LogP contribution is 2.24. The Balaban J connectivity index is 1.86. The molecule has 20 heavy (non-hydrogen) atoms. The van der Waals surface area contributed by atoms with E-state index in [9.17, 15) is 0 Å². The summed E-state index contributed by atoms with van der Waals surface area (Å²) in [5.41, 5.74) is 1.61. The fourth-order valence-electron chi connectivity index (χ4n) is 1.93. The molecule has 0 spiro atoms. The van der Waals surface area contributed by atoms with Crippen molar-refractivity contribution < 1.29 is 0 Å². The van der Waals surface area contributed by atoms with Crippen molar-refractivity contribution in [1.82, 2.24) is 19.7 Å². The quantitative estimate of drug-likeness (QED) is 0.680. The van der Waals surface area contributed by atoms with Crippen LogP contribution in [0.25, 0.3) is 0 Å². The number of aryl methyl sites for hydroxylation is 1. The molecule has 3 rings (SSSR count). The number of hydrogen-bond donors (Lipinski definition) is 1. The van der Waals surface area contributed by atoms with Gasteiger partial charge in [-0.15, -0.1) is 0 Å². The largest absolute Gasteiger partial charge is 0.366 e. The van der Waals surface area contributed by atoms with Crippen molar-refractivity contribution in [3.05, 3.63) is 35.0 Å². The lowest BCUT2D eigenvalue weighted by molar-refractivity contribution is 0.444. The van der Waals surface area contributed by atoms with Crippen LogP contribution in [0.4, 0.5) is 5.82 Å². The Labute approximate surface area is 122 Å². The van der Waals surface area contributed by atoms with Gasteiger partial charge in [0.2, 0.25) is 5.28 Å². The van der Waals surface area contributed by atoms with Crippen molar-refractivity contribution in [2.24, 2.45) is 7.05 Å². The maximum absolute atomic E-state index is 5.86. The van der Waals surface area contributed by atoms with E-state index in [4.69, 9.17) is 11.6 Å². The number of aromatic nitrogens is 4. The summed E-state index contributed by atoms with van der Waals surface area (Å²) in [5.74, 6) is 6.84. The van der Waals surface area contributed by atoms with Gasteiger partial charge in [-0.05, 0) is 30.9 Å². The first kappa shape index (κ1) is 12.9. The molecule has 0 unspecified atom stereocenters. The Kier molecular flexibility index (Phi) is 3.57. The predicted molar refractivity (Wildman–Crippen MR) is 77.5 cm³/mol. The molecule has 1 aliphatic carbocycles. The summed E-state index contributed by atoms with van der Waals surface area (Å²) in [7, 11) is 1.86. The van der Waals surface area contributed by atoms with E-state index in [1.54, 1.807) is 17.1 Å². The van der Waals surface area contributed by atoms with Gasteiger partial charge in [0.1, 0.15) is 5.82 Å². The summed E-state index contributed by atoms with van der Waals surface area (Å²) in [6.45, 7) is 0. The fourth-order valence-corrected chi connectivity index (χ4v) is 2.07. The third-order valence-corrected chi connectivity index (χ3v) is 3.43. The van der Waals surface area contributed by atoms with Gasteiger partial charge in [0.25, 0.3) is 0 Å². The molecule has 1 saturated carbocycles. The molecule has 0 amide bonds. The first-order valence-corrected chi connectivity index (χ1v) is 6.88. The molecule has 0 radical (unpaired) electrons. The third-order valence-electron chi connectivity index (χ3n) is 3.25. The van der Waals surface area contributed by atoms with Crippen molar-refractivity contribution in [1.29, 1.82) is 0 Å². The number of halogens is 1. The van der Waals surface area contributed by atoms with Crippen molar-refractivity contribution in [3.63, 3.8) is 0 Å². The molecule has 0 aromatic carbocycles. The summed E-state index contributed by atoms with van der Waals surface area (Å²) in [4.78, 5) is 8.23. The summed E-state index contributed by atoms with van der Waals surface area (Å²) >= 11 is 5.86. The van der Waals surface area contributed by atoms with Crippen LogP contribution in [0.5, 0.6) is 0 Å². The van der Waals surface area contributed by atoms with Gasteiger partial charge in [-0.3, -0.25) is 4.68 Å². The predicted octanol–water partition coefficient (Wildman–Crippen LogP) is 2.23. The first-order chi connectivity index (χ1) is 9.70. The minimum atomic E-state index is 0.235. The van der Waals surface area contributed by atoms with Gasteiger partial charge in [0, 0.05) is 25.5 Å². The minimum absolute atomic E-state index is 0.235. The Morgan fingerprint density at radius 2 is 2.20 bits per heavy atom. The molecule has 1 fully saturated rings. The highest BCUT2D eigenvalue weighted by Gasteiger charge is 2.18. The van der Waals surface area contributed by atoms with E-state index < -0.39 is 0 Å². The lowest BCUT2D eigenvalue weighted by Crippen LogP contribution is -2.28. The van der Waals surface area contributed by atoms with Crippen molar-refractivity contribution >= 4 is 17.4 Å². The molecule has 0 bridgehead atoms. The summed E-state index contributed by atoms with van der Waals surface area (Å²) in [6, 6.07) is 0.472. The molecule has 1 N–H and O–H groups in total. The van der Waals surface area contributed by atoms with Crippen molar-refractivity contribution in [2.45, 2.75) is 25.3 Å². The second-order valence-corrected chi connectivity index (χ2v) is 5.16. The molecule has 0 atom stereocenters. The van der Waals surface area contributed by atoms with Gasteiger partial charge in [-0.2, -0.15) is 10.1 Å². The van der Waals surface area contributed by atoms with E-state index in [1.807, 2.05) is 13.2 Å². The molecule has 0 saturated heterocycles. The van der Waals surface area contributed by atoms with E-state index in [2.05, 4.69) is 32.2 Å². The smallest absolute Gasteiger partial charge is 0.224 e. The van der Waals surface area contributed by atoms with Crippen LogP contribution in [-0.4, -0.2) is 25.8 Å². The first-order valence-electron chi connectivity index (χ1n) is 6.50. The molecule has 6 heteroatoms. The van der Waals surface area contributed by atoms with Crippen LogP contribution in [0.2, 0.25) is 5.28 Å². The monoisotopic (exact) mass is 287 g/mol. The normalized spacial score (nSPS) is 14.3. The minimum Gasteiger partial charge on any atom is -0.366 e. The number of hydrogen-bond acceptors (Lipinski definition) is 4. The van der Waals surface area contributed by atoms with Crippen molar-refractivity contribution in [3.8, 4) is 11.8 Å². The Hall–Kier alpha value is -2.06. The molecular weight excluding hydrogens is 274 g/mol. The number of rotatable bonds is 2. The van der Waals surface area contributed by atoms with Gasteiger partial charge in [0.05, 0.1) is 17.3 Å². The summed E-state index contributed by atoms with van der Waals surface area (Å²) in [6.07, 6.45) is 8.83. The molecule has 2 heterocycles. The number of nitrogens with one attached hydrogen (secondary N) is 1. The zero-order valence-corrected chi connectivity index (χ0v) is 11.9. The van der Waals surface area contributed by atoms with Gasteiger partial charge >= 0.3 is 0 Å². The summed E-state index contributed by atoms with van der Waals surface area (Å²) in [5, 5.41) is 7.69. The zero-order valence-electron chi connectivity index (χ0n) is 11.1. The molecule has 5 nitrogen and oxygen atoms in total. The maximum Gasteiger partial charge on any atom is 0.224 e. The van der Waals surface area contributed by atoms with E-state index in [-0.39, 0.29) is 5.28 Å². The summed E-state index contributed by atoms with van der Waals surface area (Å²) < 4.78 is 1.72. The van der Waals surface area contributed by atoms with Crippen LogP contribution in [-0.2, 0) is 7.05 Å². The van der Waals surface area contributed by atoms with Gasteiger partial charge < -0.3 is 5.32 Å². The van der Waals surface area contributed by atoms with E-state index in [0.717, 1.165) is 24.0 Å². The van der Waals surface area contributed by atoms with Crippen LogP contribution < -0.4 is 5.32 Å². The van der Waals surface area contributed by atoms with Crippen LogP contribution in [0.1, 0.15) is 30.4 Å². The van der Waals surface area contributed by atoms with Crippen molar-refractivity contribution in [2.75, 3.05) is 5.32 Å². The van der Waals surface area contributed by atoms with Crippen LogP contribution >= 0.6 is 11.6 Å². The second kappa shape index (κ2) is 5.51. The standard InChI is InChI=1S/C14H14ClN5/c1-20-9-10(7-17-20)5-6-11-8-16-14(15)19-13(11)18-12-3-2-4-12/h7-9,12H,2-4H2,1H3,(H,16,18,19). The maximum atomic E-state index is 5.86. The molecule has 102 valence electrons. The van der Waals surface area contributed by atoms with Crippen LogP contribution in [0.15, 0.2) is 18.6 Å². The van der Waals surface area contributed by atoms with Gasteiger partial charge in [-0.1, -0.05) is 11.8 Å². The average Bonchev–Trinajstić information content (AvgIpc) is 2.79. The third kappa shape index (κ3) is 2.91. The Morgan fingerprint density at radius 1 is 1.35 bits per heavy atom. The van der Waals surface area contributed by atoms with Crippen LogP contribution in [0, 0.1) is 11.8 Å². The fraction of sp³-hybridized carbons (Fsp3) is 0.357. The average molecular weight is 288 g/mol. The highest BCUT2D eigenvalue weighted by atomic mass is 35.5. The van der Waals surface area contributed by atoms with E-state index in [0.29, 0.717) is 11.9 Å². The number of nitrogens with zero attached hydrogens (tertiary/aromatic N) is 4. The van der Waals surface area contributed by atoms with Gasteiger partial charge in [-0.25, -0.2) is 4.98 Å². The SMILES string of the molecule is Cn1cc(C#Cc2cnc(Cl)nc2NC2CCC2)cn1. The molecule has 1 aliphatic rings. The van der Waals surface area contributed by atoms with E-state index >= 15 is 0 Å². The molecule has 2 aromatic heterocycles. The highest BCUT2D eigenvalue weighted by molar-refractivity contribution is 6.28. The lowest BCUT2D eigenvalue weighted by Gasteiger charge is -2.27. The zero-order chi connectivity index (χ0) is 13.9. The van der Waals surface area contributed by atoms with Gasteiger partial charge in [0.15, 0.2) is 0 Å². The molecular formula is C14H14ClN5. The Bertz CT molecular complexity index is 678.